The average molecular weight is 475 g/mol. The molecule has 0 amide bonds. The Kier molecular flexibility index (Phi) is 5.38. The molecule has 0 bridgehead atoms. The molecule has 2 aliphatic heterocycles. The molecule has 0 aliphatic carbocycles. The highest BCUT2D eigenvalue weighted by Crippen LogP contribution is 2.33. The van der Waals surface area contributed by atoms with Gasteiger partial charge >= 0.3 is 0 Å². The number of likely N-dealkylation sites (N-methyl/N-ethyl adjacent to an activating group) is 1. The molecule has 2 atom stereocenters. The molecule has 10 nitrogen and oxygen atoms in total. The number of sulfonamides is 1. The number of hydrogen-bond donors (Lipinski definition) is 1. The van der Waals surface area contributed by atoms with Gasteiger partial charge in [0.25, 0.3) is 0 Å². The molecule has 2 unspecified atom stereocenters. The fraction of sp³-hybridized carbons (Fsp3) is 0.500. The van der Waals surface area contributed by atoms with Crippen LogP contribution in [0.25, 0.3) is 5.65 Å². The van der Waals surface area contributed by atoms with Crippen LogP contribution in [0.5, 0.6) is 0 Å². The molecule has 2 aliphatic rings. The van der Waals surface area contributed by atoms with Crippen molar-refractivity contribution in [2.24, 2.45) is 5.10 Å². The average Bonchev–Trinajstić information content (AvgIpc) is 3.54. The number of aromatic nitrogens is 4. The number of imidazole rings is 1. The zero-order valence-corrected chi connectivity index (χ0v) is 19.8. The fourth-order valence-electron chi connectivity index (χ4n) is 4.20. The van der Waals surface area contributed by atoms with Gasteiger partial charge in [-0.05, 0) is 37.9 Å². The smallest absolute Gasteiger partial charge is 0.216 e. The van der Waals surface area contributed by atoms with Crippen LogP contribution in [-0.2, 0) is 10.0 Å². The Bertz CT molecular complexity index is 1270. The summed E-state index contributed by atoms with van der Waals surface area (Å²) < 4.78 is 33.1. The molecule has 1 saturated heterocycles. The quantitative estimate of drug-likeness (QED) is 0.585. The SMILES string of the molecule is CC(C)S(=O)(=O)N1CCC(c2cc(Nc3nccn4c(C5C=NN(C)C5)cnc34)sn2)C1. The molecule has 0 radical (unpaired) electrons. The number of nitrogens with one attached hydrogen (secondary N) is 1. The van der Waals surface area contributed by atoms with Crippen LogP contribution in [-0.4, -0.2) is 74.6 Å². The number of hydrogen-bond acceptors (Lipinski definition) is 9. The Morgan fingerprint density at radius 1 is 1.25 bits per heavy atom. The van der Waals surface area contributed by atoms with Gasteiger partial charge in [0.1, 0.15) is 5.00 Å². The van der Waals surface area contributed by atoms with Gasteiger partial charge in [0.15, 0.2) is 11.5 Å². The summed E-state index contributed by atoms with van der Waals surface area (Å²) in [6.45, 7) is 5.29. The molecule has 1 fully saturated rings. The predicted octanol–water partition coefficient (Wildman–Crippen LogP) is 2.47. The first-order valence-corrected chi connectivity index (χ1v) is 12.9. The maximum Gasteiger partial charge on any atom is 0.216 e. The molecule has 0 saturated carbocycles. The number of nitrogens with zero attached hydrogens (tertiary/aromatic N) is 7. The molecule has 32 heavy (non-hydrogen) atoms. The number of anilines is 2. The van der Waals surface area contributed by atoms with Crippen molar-refractivity contribution in [1.82, 2.24) is 28.1 Å². The van der Waals surface area contributed by atoms with Crippen LogP contribution in [0.2, 0.25) is 0 Å². The van der Waals surface area contributed by atoms with Crippen LogP contribution < -0.4 is 5.32 Å². The molecular weight excluding hydrogens is 448 g/mol. The van der Waals surface area contributed by atoms with Gasteiger partial charge in [-0.15, -0.1) is 0 Å². The van der Waals surface area contributed by atoms with Gasteiger partial charge in [0, 0.05) is 51.2 Å². The van der Waals surface area contributed by atoms with Crippen molar-refractivity contribution in [3.05, 3.63) is 36.0 Å². The van der Waals surface area contributed by atoms with Gasteiger partial charge in [-0.25, -0.2) is 22.7 Å². The highest BCUT2D eigenvalue weighted by molar-refractivity contribution is 7.89. The topological polar surface area (TPSA) is 108 Å². The van der Waals surface area contributed by atoms with E-state index < -0.39 is 15.3 Å². The second-order valence-electron chi connectivity index (χ2n) is 8.54. The van der Waals surface area contributed by atoms with Crippen LogP contribution in [0.3, 0.4) is 0 Å². The Morgan fingerprint density at radius 3 is 2.84 bits per heavy atom. The highest BCUT2D eigenvalue weighted by atomic mass is 32.2. The van der Waals surface area contributed by atoms with E-state index in [9.17, 15) is 8.42 Å². The molecule has 5 heterocycles. The summed E-state index contributed by atoms with van der Waals surface area (Å²) in [6.07, 6.45) is 8.26. The zero-order chi connectivity index (χ0) is 22.5. The number of hydrazone groups is 1. The van der Waals surface area contributed by atoms with E-state index in [-0.39, 0.29) is 11.8 Å². The minimum absolute atomic E-state index is 0.107. The first-order chi connectivity index (χ1) is 15.3. The van der Waals surface area contributed by atoms with Crippen molar-refractivity contribution in [1.29, 1.82) is 0 Å². The van der Waals surface area contributed by atoms with Crippen LogP contribution in [0, 0.1) is 0 Å². The van der Waals surface area contributed by atoms with Crippen LogP contribution >= 0.6 is 11.5 Å². The monoisotopic (exact) mass is 474 g/mol. The van der Waals surface area contributed by atoms with E-state index in [4.69, 9.17) is 0 Å². The maximum atomic E-state index is 12.5. The third-order valence-electron chi connectivity index (χ3n) is 6.04. The minimum Gasteiger partial charge on any atom is -0.328 e. The minimum atomic E-state index is -3.23. The molecule has 5 rings (SSSR count). The molecule has 0 aromatic carbocycles. The van der Waals surface area contributed by atoms with Crippen LogP contribution in [0.15, 0.2) is 29.8 Å². The lowest BCUT2D eigenvalue weighted by molar-refractivity contribution is 0.380. The third kappa shape index (κ3) is 3.76. The summed E-state index contributed by atoms with van der Waals surface area (Å²) in [4.78, 5) is 9.07. The molecule has 1 N–H and O–H groups in total. The molecule has 3 aromatic rings. The summed E-state index contributed by atoms with van der Waals surface area (Å²) >= 11 is 1.35. The summed E-state index contributed by atoms with van der Waals surface area (Å²) in [6, 6.07) is 1.99. The summed E-state index contributed by atoms with van der Waals surface area (Å²) in [5.74, 6) is 0.955. The normalized spacial score (nSPS) is 21.9. The van der Waals surface area contributed by atoms with Crippen molar-refractivity contribution in [2.75, 3.05) is 32.0 Å². The summed E-state index contributed by atoms with van der Waals surface area (Å²) in [5.41, 5.74) is 2.73. The van der Waals surface area contributed by atoms with Crippen LogP contribution in [0.1, 0.15) is 43.5 Å². The lowest BCUT2D eigenvalue weighted by Gasteiger charge is -2.18. The van der Waals surface area contributed by atoms with Crippen molar-refractivity contribution < 1.29 is 8.42 Å². The Hall–Kier alpha value is -2.57. The fourth-order valence-corrected chi connectivity index (χ4v) is 6.26. The van der Waals surface area contributed by atoms with Crippen molar-refractivity contribution in [2.45, 2.75) is 37.4 Å². The molecular formula is C20H26N8O2S2. The molecule has 0 spiro atoms. The predicted molar refractivity (Wildman–Crippen MR) is 125 cm³/mol. The summed E-state index contributed by atoms with van der Waals surface area (Å²) in [5, 5.41) is 10.0. The Morgan fingerprint density at radius 2 is 2.09 bits per heavy atom. The first kappa shape index (κ1) is 21.3. The summed E-state index contributed by atoms with van der Waals surface area (Å²) in [7, 11) is -1.28. The maximum absolute atomic E-state index is 12.5. The number of fused-ring (bicyclic) bond motifs is 1. The lowest BCUT2D eigenvalue weighted by atomic mass is 10.1. The van der Waals surface area contributed by atoms with E-state index in [0.717, 1.165) is 35.0 Å². The van der Waals surface area contributed by atoms with Crippen LogP contribution in [0.4, 0.5) is 10.8 Å². The Balaban J connectivity index is 1.33. The van der Waals surface area contributed by atoms with Gasteiger partial charge in [-0.2, -0.15) is 9.47 Å². The van der Waals surface area contributed by atoms with E-state index in [2.05, 4.69) is 24.8 Å². The molecule has 3 aromatic heterocycles. The van der Waals surface area contributed by atoms with E-state index in [0.29, 0.717) is 18.9 Å². The largest absolute Gasteiger partial charge is 0.328 e. The van der Waals surface area contributed by atoms with E-state index in [1.807, 2.05) is 41.1 Å². The highest BCUT2D eigenvalue weighted by Gasteiger charge is 2.34. The Labute approximate surface area is 191 Å². The van der Waals surface area contributed by atoms with Crippen molar-refractivity contribution in [3.63, 3.8) is 0 Å². The van der Waals surface area contributed by atoms with Gasteiger partial charge in [0.05, 0.1) is 28.8 Å². The third-order valence-corrected chi connectivity index (χ3v) is 9.00. The van der Waals surface area contributed by atoms with Gasteiger partial charge in [-0.1, -0.05) is 0 Å². The van der Waals surface area contributed by atoms with E-state index >= 15 is 0 Å². The van der Waals surface area contributed by atoms with E-state index in [1.165, 1.54) is 11.5 Å². The van der Waals surface area contributed by atoms with Crippen molar-refractivity contribution in [3.8, 4) is 0 Å². The zero-order valence-electron chi connectivity index (χ0n) is 18.2. The molecule has 12 heteroatoms. The second kappa shape index (κ2) is 8.09. The molecule has 170 valence electrons. The van der Waals surface area contributed by atoms with Gasteiger partial charge in [-0.3, -0.25) is 9.41 Å². The van der Waals surface area contributed by atoms with Gasteiger partial charge < -0.3 is 5.32 Å². The van der Waals surface area contributed by atoms with Gasteiger partial charge in [0.2, 0.25) is 10.0 Å². The van der Waals surface area contributed by atoms with Crippen molar-refractivity contribution >= 4 is 44.2 Å². The second-order valence-corrected chi connectivity index (χ2v) is 11.8. The standard InChI is InChI=1S/C20H26N8O2S2/c1-13(2)32(29,30)27-6-4-14(12-27)16-8-18(31-25-16)24-19-20-22-10-17(28(20)7-5-21-19)15-9-23-26(3)11-15/h5,7-10,13-15H,4,6,11-12H2,1-3H3,(H,21,24). The lowest BCUT2D eigenvalue weighted by Crippen LogP contribution is -2.34. The number of rotatable bonds is 6. The first-order valence-electron chi connectivity index (χ1n) is 10.6. The van der Waals surface area contributed by atoms with E-state index in [1.54, 1.807) is 24.3 Å².